The molecule has 0 saturated carbocycles. The molecule has 32 heavy (non-hydrogen) atoms. The molecule has 0 radical (unpaired) electrons. The summed E-state index contributed by atoms with van der Waals surface area (Å²) in [6, 6.07) is 9.33. The molecule has 1 aliphatic heterocycles. The van der Waals surface area contributed by atoms with Gasteiger partial charge in [-0.25, -0.2) is 0 Å². The van der Waals surface area contributed by atoms with Gasteiger partial charge >= 0.3 is 0 Å². The minimum atomic E-state index is -0.191. The largest absolute Gasteiger partial charge is 0.351 e. The monoisotopic (exact) mass is 431 g/mol. The summed E-state index contributed by atoms with van der Waals surface area (Å²) in [5.41, 5.74) is 5.38. The fraction of sp³-hybridized carbons (Fsp3) is 0.375. The van der Waals surface area contributed by atoms with Crippen LogP contribution in [-0.4, -0.2) is 63.1 Å². The average Bonchev–Trinajstić information content (AvgIpc) is 3.39. The van der Waals surface area contributed by atoms with Crippen molar-refractivity contribution in [1.29, 1.82) is 0 Å². The van der Waals surface area contributed by atoms with E-state index in [4.69, 9.17) is 4.52 Å². The van der Waals surface area contributed by atoms with Crippen molar-refractivity contribution in [1.82, 2.24) is 25.2 Å². The zero-order chi connectivity index (χ0) is 21.9. The number of nitrogens with zero attached hydrogens (tertiary/aromatic N) is 5. The van der Waals surface area contributed by atoms with Gasteiger partial charge in [-0.1, -0.05) is 17.3 Å². The van der Waals surface area contributed by atoms with Gasteiger partial charge in [-0.05, 0) is 54.5 Å². The first-order chi connectivity index (χ1) is 15.7. The summed E-state index contributed by atoms with van der Waals surface area (Å²) in [7, 11) is 0. The van der Waals surface area contributed by atoms with Gasteiger partial charge in [-0.2, -0.15) is 10.2 Å². The summed E-state index contributed by atoms with van der Waals surface area (Å²) in [5.74, 6) is 0.0207. The molecular weight excluding hydrogens is 406 g/mol. The molecule has 164 valence electrons. The van der Waals surface area contributed by atoms with E-state index in [1.165, 1.54) is 30.2 Å². The maximum absolute atomic E-state index is 13.1. The Morgan fingerprint density at radius 1 is 0.969 bits per heavy atom. The molecule has 0 bridgehead atoms. The first-order valence-electron chi connectivity index (χ1n) is 11.1. The lowest BCUT2D eigenvalue weighted by Crippen LogP contribution is -2.50. The van der Waals surface area contributed by atoms with Crippen LogP contribution in [0.2, 0.25) is 0 Å². The number of benzene rings is 1. The highest BCUT2D eigenvalue weighted by Crippen LogP contribution is 2.24. The van der Waals surface area contributed by atoms with Crippen LogP contribution in [0.25, 0.3) is 0 Å². The van der Waals surface area contributed by atoms with Gasteiger partial charge in [0.2, 0.25) is 5.76 Å². The third-order valence-corrected chi connectivity index (χ3v) is 6.30. The van der Waals surface area contributed by atoms with Crippen molar-refractivity contribution >= 4 is 11.8 Å². The number of hydrogen-bond acceptors (Lipinski definition) is 6. The molecule has 3 aromatic rings. The minimum Gasteiger partial charge on any atom is -0.351 e. The van der Waals surface area contributed by atoms with Gasteiger partial charge in [0.05, 0.1) is 18.1 Å². The smallest absolute Gasteiger partial charge is 0.292 e. The molecule has 0 spiro atoms. The summed E-state index contributed by atoms with van der Waals surface area (Å²) in [5, 5.41) is 12.2. The molecule has 1 aliphatic carbocycles. The third kappa shape index (κ3) is 4.12. The fourth-order valence-electron chi connectivity index (χ4n) is 4.56. The van der Waals surface area contributed by atoms with E-state index in [1.54, 1.807) is 15.9 Å². The zero-order valence-corrected chi connectivity index (χ0v) is 17.9. The Balaban J connectivity index is 1.25. The van der Waals surface area contributed by atoms with Crippen molar-refractivity contribution in [2.75, 3.05) is 26.2 Å². The topological polar surface area (TPSA) is 92.4 Å². The first-order valence-corrected chi connectivity index (χ1v) is 11.1. The van der Waals surface area contributed by atoms with E-state index in [0.717, 1.165) is 24.1 Å². The molecule has 8 heteroatoms. The number of carbonyl (C=O) groups is 2. The van der Waals surface area contributed by atoms with Crippen molar-refractivity contribution in [2.24, 2.45) is 0 Å². The van der Waals surface area contributed by atoms with E-state index in [0.29, 0.717) is 38.2 Å². The number of rotatable bonds is 4. The molecule has 2 amide bonds. The Morgan fingerprint density at radius 2 is 1.75 bits per heavy atom. The van der Waals surface area contributed by atoms with Crippen LogP contribution in [0.1, 0.15) is 56.1 Å². The summed E-state index contributed by atoms with van der Waals surface area (Å²) in [6.45, 7) is 1.91. The lowest BCUT2D eigenvalue weighted by Gasteiger charge is -2.34. The molecule has 0 N–H and O–H groups in total. The van der Waals surface area contributed by atoms with Crippen LogP contribution in [0.3, 0.4) is 0 Å². The fourth-order valence-corrected chi connectivity index (χ4v) is 4.56. The molecular formula is C24H25N5O3. The standard InChI is InChI=1S/C24H25N5O3/c30-23(28-10-12-29(13-11-28)24(31)22-8-9-26-32-22)18-6-3-4-17(14-18)15-21-20-7-2-1-5-19(20)16-25-27-21/h3-4,6,8-9,14,16H,1-2,5,7,10-13,15H2. The van der Waals surface area contributed by atoms with E-state index < -0.39 is 0 Å². The lowest BCUT2D eigenvalue weighted by molar-refractivity contribution is 0.0512. The quantitative estimate of drug-likeness (QED) is 0.630. The van der Waals surface area contributed by atoms with E-state index >= 15 is 0 Å². The van der Waals surface area contributed by atoms with Gasteiger partial charge in [0.1, 0.15) is 0 Å². The Labute approximate surface area is 186 Å². The predicted molar refractivity (Wildman–Crippen MR) is 116 cm³/mol. The van der Waals surface area contributed by atoms with Gasteiger partial charge in [-0.3, -0.25) is 9.59 Å². The van der Waals surface area contributed by atoms with Gasteiger partial charge < -0.3 is 14.3 Å². The zero-order valence-electron chi connectivity index (χ0n) is 17.9. The molecule has 2 aliphatic rings. The maximum Gasteiger partial charge on any atom is 0.292 e. The summed E-state index contributed by atoms with van der Waals surface area (Å²) in [4.78, 5) is 29.0. The molecule has 5 rings (SSSR count). The normalized spacial score (nSPS) is 16.0. The Kier molecular flexibility index (Phi) is 5.66. The first kappa shape index (κ1) is 20.4. The van der Waals surface area contributed by atoms with Crippen LogP contribution in [0.4, 0.5) is 0 Å². The van der Waals surface area contributed by atoms with Crippen molar-refractivity contribution in [3.8, 4) is 0 Å². The maximum atomic E-state index is 13.1. The Morgan fingerprint density at radius 3 is 2.53 bits per heavy atom. The van der Waals surface area contributed by atoms with E-state index in [-0.39, 0.29) is 17.6 Å². The van der Waals surface area contributed by atoms with E-state index in [1.807, 2.05) is 30.5 Å². The number of amides is 2. The van der Waals surface area contributed by atoms with Gasteiger partial charge in [0, 0.05) is 44.2 Å². The van der Waals surface area contributed by atoms with Crippen molar-refractivity contribution in [2.45, 2.75) is 32.1 Å². The van der Waals surface area contributed by atoms with Crippen LogP contribution in [0.5, 0.6) is 0 Å². The number of piperazine rings is 1. The second-order valence-corrected chi connectivity index (χ2v) is 8.34. The summed E-state index contributed by atoms with van der Waals surface area (Å²) in [6.07, 6.45) is 8.55. The highest BCUT2D eigenvalue weighted by atomic mass is 16.5. The lowest BCUT2D eigenvalue weighted by atomic mass is 9.90. The SMILES string of the molecule is O=C(c1cccc(Cc2nncc3c2CCCC3)c1)N1CCN(C(=O)c2ccno2)CC1. The van der Waals surface area contributed by atoms with Gasteiger partial charge in [0.25, 0.3) is 11.8 Å². The molecule has 2 aromatic heterocycles. The van der Waals surface area contributed by atoms with Crippen LogP contribution >= 0.6 is 0 Å². The van der Waals surface area contributed by atoms with Crippen LogP contribution in [0, 0.1) is 0 Å². The number of hydrogen-bond donors (Lipinski definition) is 0. The number of carbonyl (C=O) groups excluding carboxylic acids is 2. The molecule has 8 nitrogen and oxygen atoms in total. The Bertz CT molecular complexity index is 1120. The Hall–Kier alpha value is -3.55. The highest BCUT2D eigenvalue weighted by molar-refractivity contribution is 5.95. The van der Waals surface area contributed by atoms with Gasteiger partial charge in [-0.15, -0.1) is 0 Å². The molecule has 3 heterocycles. The number of aryl methyl sites for hydroxylation is 1. The molecule has 1 aromatic carbocycles. The van der Waals surface area contributed by atoms with E-state index in [2.05, 4.69) is 15.4 Å². The molecule has 1 saturated heterocycles. The summed E-state index contributed by atoms with van der Waals surface area (Å²) < 4.78 is 4.96. The van der Waals surface area contributed by atoms with Crippen molar-refractivity contribution < 1.29 is 14.1 Å². The minimum absolute atomic E-state index is 0.0141. The summed E-state index contributed by atoms with van der Waals surface area (Å²) >= 11 is 0. The van der Waals surface area contributed by atoms with E-state index in [9.17, 15) is 9.59 Å². The number of fused-ring (bicyclic) bond motifs is 1. The van der Waals surface area contributed by atoms with Gasteiger partial charge in [0.15, 0.2) is 0 Å². The third-order valence-electron chi connectivity index (χ3n) is 6.30. The average molecular weight is 431 g/mol. The molecule has 1 fully saturated rings. The van der Waals surface area contributed by atoms with Crippen molar-refractivity contribution in [3.63, 3.8) is 0 Å². The predicted octanol–water partition coefficient (Wildman–Crippen LogP) is 2.53. The highest BCUT2D eigenvalue weighted by Gasteiger charge is 2.27. The van der Waals surface area contributed by atoms with Crippen LogP contribution in [0.15, 0.2) is 47.2 Å². The molecule has 0 atom stereocenters. The molecule has 0 unspecified atom stereocenters. The van der Waals surface area contributed by atoms with Crippen LogP contribution in [-0.2, 0) is 19.3 Å². The second-order valence-electron chi connectivity index (χ2n) is 8.34. The van der Waals surface area contributed by atoms with Crippen molar-refractivity contribution in [3.05, 3.63) is 76.4 Å². The van der Waals surface area contributed by atoms with Crippen LogP contribution < -0.4 is 0 Å². The second kappa shape index (κ2) is 8.90. The number of aromatic nitrogens is 3.